The van der Waals surface area contributed by atoms with Gasteiger partial charge < -0.3 is 9.80 Å². The van der Waals surface area contributed by atoms with Crippen LogP contribution in [0.15, 0.2) is 0 Å². The molecule has 2 nitrogen and oxygen atoms in total. The summed E-state index contributed by atoms with van der Waals surface area (Å²) >= 11 is 0. The van der Waals surface area contributed by atoms with Gasteiger partial charge in [-0.25, -0.2) is 0 Å². The van der Waals surface area contributed by atoms with Gasteiger partial charge in [0.1, 0.15) is 26.2 Å². The molecule has 0 radical (unpaired) electrons. The van der Waals surface area contributed by atoms with Crippen LogP contribution in [0.4, 0.5) is 0 Å². The predicted octanol–water partition coefficient (Wildman–Crippen LogP) is -0.633. The Morgan fingerprint density at radius 1 is 0.938 bits per heavy atom. The van der Waals surface area contributed by atoms with Crippen LogP contribution in [0.25, 0.3) is 0 Å². The average Bonchev–Trinajstić information content (AvgIpc) is 2.91. The first-order chi connectivity index (χ1) is 7.74. The van der Waals surface area contributed by atoms with Crippen LogP contribution in [0.3, 0.4) is 0 Å². The molecule has 92 valence electrons. The maximum absolute atomic E-state index is 2.37. The summed E-state index contributed by atoms with van der Waals surface area (Å²) in [6.07, 6.45) is 6.25. The largest absolute Gasteiger partial charge is 0.324 e. The summed E-state index contributed by atoms with van der Waals surface area (Å²) in [5, 5.41) is 0. The SMILES string of the molecule is CC(C)[NH+]1CC[NH+]([C@H]2C[C@H]3CC[C@H]2C3)CC1. The Morgan fingerprint density at radius 3 is 2.19 bits per heavy atom. The molecule has 1 saturated heterocycles. The zero-order valence-corrected chi connectivity index (χ0v) is 11.0. The molecule has 0 aromatic rings. The van der Waals surface area contributed by atoms with Gasteiger partial charge in [-0.2, -0.15) is 0 Å². The van der Waals surface area contributed by atoms with Crippen LogP contribution < -0.4 is 9.80 Å². The Morgan fingerprint density at radius 2 is 1.69 bits per heavy atom. The highest BCUT2D eigenvalue weighted by molar-refractivity contribution is 4.90. The van der Waals surface area contributed by atoms with Crippen molar-refractivity contribution in [2.24, 2.45) is 11.8 Å². The number of fused-ring (bicyclic) bond motifs is 2. The maximum atomic E-state index is 2.37. The lowest BCUT2D eigenvalue weighted by atomic mass is 9.93. The van der Waals surface area contributed by atoms with Crippen molar-refractivity contribution >= 4 is 0 Å². The minimum absolute atomic E-state index is 0.835. The summed E-state index contributed by atoms with van der Waals surface area (Å²) in [6.45, 7) is 10.5. The standard InChI is InChI=1S/C14H26N2/c1-11(2)15-5-7-16(8-6-15)14-10-12-3-4-13(14)9-12/h11-14H,3-10H2,1-2H3/p+2/t12-,13-,14-/m0/s1. The lowest BCUT2D eigenvalue weighted by Gasteiger charge is -2.37. The molecule has 0 aromatic heterocycles. The highest BCUT2D eigenvalue weighted by Gasteiger charge is 2.46. The lowest BCUT2D eigenvalue weighted by molar-refractivity contribution is -1.03. The van der Waals surface area contributed by atoms with Crippen molar-refractivity contribution in [3.63, 3.8) is 0 Å². The van der Waals surface area contributed by atoms with Crippen molar-refractivity contribution in [2.75, 3.05) is 26.2 Å². The molecule has 2 N–H and O–H groups in total. The molecule has 1 heterocycles. The van der Waals surface area contributed by atoms with Gasteiger partial charge in [0.2, 0.25) is 0 Å². The normalized spacial score (nSPS) is 47.8. The smallest absolute Gasteiger partial charge is 0.127 e. The Bertz CT molecular complexity index is 243. The minimum Gasteiger partial charge on any atom is -0.324 e. The molecule has 16 heavy (non-hydrogen) atoms. The van der Waals surface area contributed by atoms with E-state index in [0.29, 0.717) is 0 Å². The van der Waals surface area contributed by atoms with E-state index in [1.165, 1.54) is 26.2 Å². The van der Waals surface area contributed by atoms with E-state index >= 15 is 0 Å². The summed E-state index contributed by atoms with van der Waals surface area (Å²) in [4.78, 5) is 3.81. The zero-order valence-electron chi connectivity index (χ0n) is 11.0. The fraction of sp³-hybridized carbons (Fsp3) is 1.00. The number of hydrogen-bond acceptors (Lipinski definition) is 0. The second-order valence-electron chi connectivity index (χ2n) is 6.75. The van der Waals surface area contributed by atoms with Crippen LogP contribution in [0, 0.1) is 11.8 Å². The summed E-state index contributed by atoms with van der Waals surface area (Å²) in [5.41, 5.74) is 0. The molecule has 2 heteroatoms. The van der Waals surface area contributed by atoms with E-state index in [0.717, 1.165) is 23.9 Å². The molecule has 3 rings (SSSR count). The first-order valence-electron chi connectivity index (χ1n) is 7.43. The number of nitrogens with one attached hydrogen (secondary N) is 2. The number of hydrogen-bond donors (Lipinski definition) is 2. The monoisotopic (exact) mass is 224 g/mol. The third-order valence-electron chi connectivity index (χ3n) is 5.61. The van der Waals surface area contributed by atoms with Crippen molar-refractivity contribution in [3.8, 4) is 0 Å². The number of rotatable bonds is 2. The Hall–Kier alpha value is -0.0800. The summed E-state index contributed by atoms with van der Waals surface area (Å²) in [5.74, 6) is 2.23. The molecule has 0 amide bonds. The van der Waals surface area contributed by atoms with Crippen LogP contribution in [0.1, 0.15) is 39.5 Å². The van der Waals surface area contributed by atoms with Crippen molar-refractivity contribution in [2.45, 2.75) is 51.6 Å². The van der Waals surface area contributed by atoms with Gasteiger partial charge in [-0.1, -0.05) is 0 Å². The molecule has 2 saturated carbocycles. The molecule has 1 aliphatic heterocycles. The van der Waals surface area contributed by atoms with Crippen molar-refractivity contribution in [1.82, 2.24) is 0 Å². The quantitative estimate of drug-likeness (QED) is 0.618. The van der Waals surface area contributed by atoms with Gasteiger partial charge in [0.25, 0.3) is 0 Å². The third kappa shape index (κ3) is 1.91. The van der Waals surface area contributed by atoms with Crippen LogP contribution in [-0.2, 0) is 0 Å². The van der Waals surface area contributed by atoms with Gasteiger partial charge in [0.15, 0.2) is 0 Å². The number of piperazine rings is 1. The second-order valence-corrected chi connectivity index (χ2v) is 6.75. The molecule has 0 aromatic carbocycles. The molecular formula is C14H28N2+2. The van der Waals surface area contributed by atoms with Gasteiger partial charge in [-0.05, 0) is 39.0 Å². The van der Waals surface area contributed by atoms with E-state index < -0.39 is 0 Å². The van der Waals surface area contributed by atoms with E-state index in [4.69, 9.17) is 0 Å². The zero-order chi connectivity index (χ0) is 11.1. The highest BCUT2D eigenvalue weighted by Crippen LogP contribution is 2.43. The van der Waals surface area contributed by atoms with Gasteiger partial charge in [0, 0.05) is 12.3 Å². The van der Waals surface area contributed by atoms with Crippen LogP contribution in [0.2, 0.25) is 0 Å². The number of quaternary nitrogens is 2. The van der Waals surface area contributed by atoms with Crippen molar-refractivity contribution in [3.05, 3.63) is 0 Å². The van der Waals surface area contributed by atoms with Crippen molar-refractivity contribution in [1.29, 1.82) is 0 Å². The molecule has 2 aliphatic carbocycles. The first-order valence-corrected chi connectivity index (χ1v) is 7.43. The van der Waals surface area contributed by atoms with E-state index in [-0.39, 0.29) is 0 Å². The first kappa shape index (κ1) is 11.0. The molecule has 0 spiro atoms. The molecule has 2 bridgehead atoms. The van der Waals surface area contributed by atoms with Crippen molar-refractivity contribution < 1.29 is 9.80 Å². The summed E-state index contributed by atoms with van der Waals surface area (Å²) < 4.78 is 0. The van der Waals surface area contributed by atoms with Gasteiger partial charge in [-0.3, -0.25) is 0 Å². The minimum atomic E-state index is 0.835. The third-order valence-corrected chi connectivity index (χ3v) is 5.61. The average molecular weight is 224 g/mol. The lowest BCUT2D eigenvalue weighted by Crippen LogP contribution is -3.31. The second kappa shape index (κ2) is 4.30. The summed E-state index contributed by atoms with van der Waals surface area (Å²) in [7, 11) is 0. The fourth-order valence-corrected chi connectivity index (χ4v) is 4.59. The summed E-state index contributed by atoms with van der Waals surface area (Å²) in [6, 6.07) is 1.90. The van der Waals surface area contributed by atoms with E-state index in [1.54, 1.807) is 25.7 Å². The maximum Gasteiger partial charge on any atom is 0.127 e. The Kier molecular flexibility index (Phi) is 2.97. The molecular weight excluding hydrogens is 196 g/mol. The Balaban J connectivity index is 1.54. The Labute approximate surface area is 100.0 Å². The van der Waals surface area contributed by atoms with Gasteiger partial charge in [-0.15, -0.1) is 0 Å². The fourth-order valence-electron chi connectivity index (χ4n) is 4.59. The van der Waals surface area contributed by atoms with Crippen LogP contribution in [-0.4, -0.2) is 38.3 Å². The molecule has 0 unspecified atom stereocenters. The van der Waals surface area contributed by atoms with Crippen LogP contribution in [0.5, 0.6) is 0 Å². The molecule has 3 aliphatic rings. The topological polar surface area (TPSA) is 8.88 Å². The molecule has 3 fully saturated rings. The predicted molar refractivity (Wildman–Crippen MR) is 65.8 cm³/mol. The van der Waals surface area contributed by atoms with E-state index in [9.17, 15) is 0 Å². The van der Waals surface area contributed by atoms with E-state index in [1.807, 2.05) is 9.80 Å². The highest BCUT2D eigenvalue weighted by atomic mass is 15.3. The van der Waals surface area contributed by atoms with E-state index in [2.05, 4.69) is 13.8 Å². The van der Waals surface area contributed by atoms with Crippen LogP contribution >= 0.6 is 0 Å². The molecule has 3 atom stereocenters. The van der Waals surface area contributed by atoms with Gasteiger partial charge in [0.05, 0.1) is 12.1 Å². The van der Waals surface area contributed by atoms with Gasteiger partial charge >= 0.3 is 0 Å².